The van der Waals surface area contributed by atoms with Crippen molar-refractivity contribution in [2.75, 3.05) is 5.32 Å². The first kappa shape index (κ1) is 18.8. The molecule has 4 aromatic rings. The molecule has 2 heterocycles. The molecule has 1 amide bonds. The lowest BCUT2D eigenvalue weighted by Crippen LogP contribution is -2.09. The number of H-pyrrole nitrogens is 1. The summed E-state index contributed by atoms with van der Waals surface area (Å²) >= 11 is 1.07. The van der Waals surface area contributed by atoms with Crippen LogP contribution < -0.4 is 5.32 Å². The van der Waals surface area contributed by atoms with Crippen molar-refractivity contribution in [2.45, 2.75) is 13.3 Å². The van der Waals surface area contributed by atoms with Crippen molar-refractivity contribution in [1.82, 2.24) is 9.97 Å². The van der Waals surface area contributed by atoms with Gasteiger partial charge in [-0.2, -0.15) is 0 Å². The Morgan fingerprint density at radius 1 is 1.28 bits per heavy atom. The molecule has 2 N–H and O–H groups in total. The lowest BCUT2D eigenvalue weighted by atomic mass is 10.1. The monoisotopic (exact) mass is 410 g/mol. The van der Waals surface area contributed by atoms with Gasteiger partial charge in [-0.1, -0.05) is 18.2 Å². The van der Waals surface area contributed by atoms with E-state index in [0.29, 0.717) is 39.4 Å². The number of thiophene rings is 1. The Morgan fingerprint density at radius 3 is 2.79 bits per heavy atom. The van der Waals surface area contributed by atoms with E-state index in [1.807, 2.05) is 0 Å². The molecule has 2 aromatic carbocycles. The molecular weight excluding hydrogens is 395 g/mol. The quantitative estimate of drug-likeness (QED) is 0.364. The molecule has 4 rings (SSSR count). The van der Waals surface area contributed by atoms with Gasteiger partial charge in [0.25, 0.3) is 11.6 Å². The third-order valence-corrected chi connectivity index (χ3v) is 5.46. The van der Waals surface area contributed by atoms with Crippen LogP contribution in [0.3, 0.4) is 0 Å². The van der Waals surface area contributed by atoms with Gasteiger partial charge in [-0.3, -0.25) is 14.9 Å². The number of halogens is 1. The Hall–Kier alpha value is -3.59. The molecule has 0 spiro atoms. The Bertz CT molecular complexity index is 1250. The molecule has 9 heteroatoms. The summed E-state index contributed by atoms with van der Waals surface area (Å²) < 4.78 is 13.8. The maximum absolute atomic E-state index is 13.8. The minimum atomic E-state index is -0.504. The number of carbonyl (C=O) groups excluding carboxylic acids is 1. The minimum Gasteiger partial charge on any atom is -0.342 e. The Morgan fingerprint density at radius 2 is 2.07 bits per heavy atom. The van der Waals surface area contributed by atoms with Gasteiger partial charge in [-0.05, 0) is 36.8 Å². The number of aryl methyl sites for hydroxylation is 1. The van der Waals surface area contributed by atoms with Gasteiger partial charge in [0.1, 0.15) is 11.6 Å². The van der Waals surface area contributed by atoms with Crippen LogP contribution in [-0.4, -0.2) is 20.8 Å². The van der Waals surface area contributed by atoms with Crippen LogP contribution >= 0.6 is 11.3 Å². The second-order valence-electron chi connectivity index (χ2n) is 6.45. The number of nitro groups is 1. The number of anilines is 1. The second-order valence-corrected chi connectivity index (χ2v) is 7.70. The topological polar surface area (TPSA) is 101 Å². The van der Waals surface area contributed by atoms with Crippen LogP contribution in [0.1, 0.15) is 25.9 Å². The summed E-state index contributed by atoms with van der Waals surface area (Å²) in [5.41, 5.74) is 2.38. The number of hydrogen-bond acceptors (Lipinski definition) is 5. The molecule has 2 aromatic heterocycles. The third-order valence-electron chi connectivity index (χ3n) is 4.42. The standard InChI is InChI=1S/C20H15FN4O3S/c1-11-17(25(27)28)10-18(29-11)20(26)22-13-6-7-15-16(9-13)24-19(23-15)8-12-4-2-3-5-14(12)21/h2-7,9-10H,8H2,1H3,(H,22,26)(H,23,24). The Kier molecular flexibility index (Phi) is 4.81. The van der Waals surface area contributed by atoms with Crippen LogP contribution in [0.15, 0.2) is 48.5 Å². The maximum Gasteiger partial charge on any atom is 0.283 e. The molecule has 0 bridgehead atoms. The fraction of sp³-hybridized carbons (Fsp3) is 0.100. The average Bonchev–Trinajstić information content (AvgIpc) is 3.26. The number of aromatic amines is 1. The number of amides is 1. The molecule has 0 aliphatic carbocycles. The molecule has 0 saturated heterocycles. The van der Waals surface area contributed by atoms with Crippen LogP contribution in [0, 0.1) is 22.9 Å². The van der Waals surface area contributed by atoms with Gasteiger partial charge in [0.15, 0.2) is 0 Å². The highest BCUT2D eigenvalue weighted by molar-refractivity contribution is 7.14. The number of benzene rings is 2. The number of fused-ring (bicyclic) bond motifs is 1. The van der Waals surface area contributed by atoms with E-state index >= 15 is 0 Å². The highest BCUT2D eigenvalue weighted by atomic mass is 32.1. The van der Waals surface area contributed by atoms with E-state index in [9.17, 15) is 19.3 Å². The Labute approximate surface area is 168 Å². The Balaban J connectivity index is 1.54. The molecular formula is C20H15FN4O3S. The zero-order valence-corrected chi connectivity index (χ0v) is 16.0. The van der Waals surface area contributed by atoms with Crippen molar-refractivity contribution in [3.05, 3.63) is 85.6 Å². The zero-order valence-electron chi connectivity index (χ0n) is 15.2. The molecule has 0 radical (unpaired) electrons. The maximum atomic E-state index is 13.8. The minimum absolute atomic E-state index is 0.0676. The van der Waals surface area contributed by atoms with Gasteiger partial charge in [0.2, 0.25) is 0 Å². The van der Waals surface area contributed by atoms with Crippen LogP contribution in [-0.2, 0) is 6.42 Å². The van der Waals surface area contributed by atoms with Crippen molar-refractivity contribution >= 4 is 39.7 Å². The van der Waals surface area contributed by atoms with E-state index in [1.54, 1.807) is 43.3 Å². The van der Waals surface area contributed by atoms with E-state index < -0.39 is 10.8 Å². The number of imidazole rings is 1. The van der Waals surface area contributed by atoms with E-state index in [4.69, 9.17) is 0 Å². The highest BCUT2D eigenvalue weighted by Crippen LogP contribution is 2.29. The first-order valence-corrected chi connectivity index (χ1v) is 9.50. The van der Waals surface area contributed by atoms with Crippen molar-refractivity contribution in [3.63, 3.8) is 0 Å². The molecule has 0 unspecified atom stereocenters. The van der Waals surface area contributed by atoms with Gasteiger partial charge >= 0.3 is 0 Å². The predicted molar refractivity (Wildman–Crippen MR) is 109 cm³/mol. The van der Waals surface area contributed by atoms with Crippen LogP contribution in [0.5, 0.6) is 0 Å². The SMILES string of the molecule is Cc1sc(C(=O)Nc2ccc3nc(Cc4ccccc4F)[nH]c3c2)cc1[N+](=O)[O-]. The molecule has 0 fully saturated rings. The van der Waals surface area contributed by atoms with Crippen LogP contribution in [0.25, 0.3) is 11.0 Å². The number of hydrogen-bond donors (Lipinski definition) is 2. The third kappa shape index (κ3) is 3.85. The summed E-state index contributed by atoms with van der Waals surface area (Å²) in [6.45, 7) is 1.60. The first-order chi connectivity index (χ1) is 13.9. The number of nitrogens with zero attached hydrogens (tertiary/aromatic N) is 2. The predicted octanol–water partition coefficient (Wildman–Crippen LogP) is 4.82. The second kappa shape index (κ2) is 7.44. The largest absolute Gasteiger partial charge is 0.342 e. The average molecular weight is 410 g/mol. The lowest BCUT2D eigenvalue weighted by molar-refractivity contribution is -0.385. The summed E-state index contributed by atoms with van der Waals surface area (Å²) in [4.78, 5) is 31.2. The normalized spacial score (nSPS) is 11.0. The highest BCUT2D eigenvalue weighted by Gasteiger charge is 2.19. The van der Waals surface area contributed by atoms with Crippen LogP contribution in [0.4, 0.5) is 15.8 Å². The molecule has 0 aliphatic rings. The summed E-state index contributed by atoms with van der Waals surface area (Å²) in [5, 5.41) is 13.7. The van der Waals surface area contributed by atoms with Gasteiger partial charge in [0.05, 0.1) is 25.7 Å². The molecule has 0 saturated carbocycles. The summed E-state index contributed by atoms with van der Waals surface area (Å²) in [6, 6.07) is 13.0. The fourth-order valence-corrected chi connectivity index (χ4v) is 3.89. The summed E-state index contributed by atoms with van der Waals surface area (Å²) in [7, 11) is 0. The van der Waals surface area contributed by atoms with Gasteiger partial charge < -0.3 is 10.3 Å². The van der Waals surface area contributed by atoms with E-state index in [1.165, 1.54) is 12.1 Å². The van der Waals surface area contributed by atoms with Gasteiger partial charge in [0, 0.05) is 18.2 Å². The van der Waals surface area contributed by atoms with Gasteiger partial charge in [-0.25, -0.2) is 9.37 Å². The molecule has 29 heavy (non-hydrogen) atoms. The van der Waals surface area contributed by atoms with E-state index in [2.05, 4.69) is 15.3 Å². The van der Waals surface area contributed by atoms with E-state index in [0.717, 1.165) is 11.3 Å². The summed E-state index contributed by atoms with van der Waals surface area (Å²) in [6.07, 6.45) is 0.321. The number of aromatic nitrogens is 2. The van der Waals surface area contributed by atoms with E-state index in [-0.39, 0.29) is 16.4 Å². The van der Waals surface area contributed by atoms with Crippen molar-refractivity contribution < 1.29 is 14.1 Å². The lowest BCUT2D eigenvalue weighted by Gasteiger charge is -2.03. The molecule has 0 atom stereocenters. The van der Waals surface area contributed by atoms with Crippen molar-refractivity contribution in [1.29, 1.82) is 0 Å². The summed E-state index contributed by atoms with van der Waals surface area (Å²) in [5.74, 6) is -0.101. The number of nitrogens with one attached hydrogen (secondary N) is 2. The van der Waals surface area contributed by atoms with Crippen molar-refractivity contribution in [2.24, 2.45) is 0 Å². The molecule has 7 nitrogen and oxygen atoms in total. The zero-order chi connectivity index (χ0) is 20.5. The smallest absolute Gasteiger partial charge is 0.283 e. The van der Waals surface area contributed by atoms with Crippen LogP contribution in [0.2, 0.25) is 0 Å². The molecule has 146 valence electrons. The fourth-order valence-electron chi connectivity index (χ4n) is 3.00. The van der Waals surface area contributed by atoms with Gasteiger partial charge in [-0.15, -0.1) is 11.3 Å². The first-order valence-electron chi connectivity index (χ1n) is 8.69. The number of rotatable bonds is 5. The molecule has 0 aliphatic heterocycles. The number of carbonyl (C=O) groups is 1. The van der Waals surface area contributed by atoms with Crippen molar-refractivity contribution in [3.8, 4) is 0 Å².